The molecule has 1 aromatic carbocycles. The van der Waals surface area contributed by atoms with Crippen molar-refractivity contribution in [2.75, 3.05) is 26.2 Å². The van der Waals surface area contributed by atoms with E-state index in [9.17, 15) is 8.78 Å². The number of nitrogens with zero attached hydrogens (tertiary/aromatic N) is 3. The molecule has 0 radical (unpaired) electrons. The SMILES string of the molecule is C=CC1(C)CCC=CN=C1/C(=C/C)C1=C(N2CCN[C@H](C)C2)C(C)=CCN=C1CC(=C)c1cc(F)cc(F)c1.[HH]. The van der Waals surface area contributed by atoms with E-state index in [1.165, 1.54) is 12.1 Å². The zero-order chi connectivity index (χ0) is 28.2. The van der Waals surface area contributed by atoms with Crippen LogP contribution in [-0.2, 0) is 0 Å². The van der Waals surface area contributed by atoms with Gasteiger partial charge in [-0.3, -0.25) is 9.98 Å². The normalized spacial score (nSPS) is 24.5. The van der Waals surface area contributed by atoms with Gasteiger partial charge in [0.05, 0.1) is 12.3 Å². The maximum Gasteiger partial charge on any atom is 0.126 e. The van der Waals surface area contributed by atoms with Gasteiger partial charge in [-0.1, -0.05) is 37.8 Å². The molecule has 1 N–H and O–H groups in total. The second-order valence-electron chi connectivity index (χ2n) is 10.9. The van der Waals surface area contributed by atoms with Crippen molar-refractivity contribution in [3.8, 4) is 0 Å². The van der Waals surface area contributed by atoms with E-state index in [0.717, 1.165) is 72.4 Å². The first kappa shape index (κ1) is 28.6. The lowest BCUT2D eigenvalue weighted by Gasteiger charge is -2.38. The van der Waals surface area contributed by atoms with Gasteiger partial charge in [-0.05, 0) is 62.5 Å². The fraction of sp³-hybridized carbons (Fsp3) is 0.394. The lowest BCUT2D eigenvalue weighted by molar-refractivity contribution is 0.259. The summed E-state index contributed by atoms with van der Waals surface area (Å²) in [6, 6.07) is 3.88. The van der Waals surface area contributed by atoms with Gasteiger partial charge in [0, 0.05) is 73.8 Å². The molecule has 0 bridgehead atoms. The molecule has 0 amide bonds. The minimum atomic E-state index is -0.617. The van der Waals surface area contributed by atoms with Crippen LogP contribution < -0.4 is 5.32 Å². The van der Waals surface area contributed by atoms with Crippen molar-refractivity contribution in [3.63, 3.8) is 0 Å². The Bertz CT molecular complexity index is 1310. The van der Waals surface area contributed by atoms with Crippen molar-refractivity contribution in [2.45, 2.75) is 53.0 Å². The monoisotopic (exact) mass is 532 g/mol. The molecule has 39 heavy (non-hydrogen) atoms. The second-order valence-corrected chi connectivity index (χ2v) is 10.9. The summed E-state index contributed by atoms with van der Waals surface area (Å²) >= 11 is 0. The Morgan fingerprint density at radius 1 is 1.28 bits per heavy atom. The van der Waals surface area contributed by atoms with E-state index in [4.69, 9.17) is 9.98 Å². The van der Waals surface area contributed by atoms with Gasteiger partial charge in [0.1, 0.15) is 11.6 Å². The van der Waals surface area contributed by atoms with E-state index in [2.05, 4.69) is 62.4 Å². The van der Waals surface area contributed by atoms with E-state index in [1.807, 2.05) is 19.2 Å². The number of aliphatic imine (C=N–C) groups is 2. The molecule has 0 spiro atoms. The molecule has 3 aliphatic heterocycles. The number of rotatable bonds is 7. The summed E-state index contributed by atoms with van der Waals surface area (Å²) in [6.45, 7) is 20.1. The molecule has 1 aromatic rings. The summed E-state index contributed by atoms with van der Waals surface area (Å²) in [5.74, 6) is -1.23. The molecule has 6 heteroatoms. The smallest absolute Gasteiger partial charge is 0.126 e. The van der Waals surface area contributed by atoms with Gasteiger partial charge in [0.2, 0.25) is 0 Å². The van der Waals surface area contributed by atoms with Crippen molar-refractivity contribution < 1.29 is 10.2 Å². The van der Waals surface area contributed by atoms with E-state index in [-0.39, 0.29) is 6.84 Å². The van der Waals surface area contributed by atoms with E-state index in [0.29, 0.717) is 30.1 Å². The van der Waals surface area contributed by atoms with Crippen LogP contribution >= 0.6 is 0 Å². The van der Waals surface area contributed by atoms with Crippen LogP contribution in [0.4, 0.5) is 8.78 Å². The summed E-state index contributed by atoms with van der Waals surface area (Å²) in [5.41, 5.74) is 6.82. The van der Waals surface area contributed by atoms with Crippen LogP contribution in [0.25, 0.3) is 5.57 Å². The topological polar surface area (TPSA) is 40.0 Å². The molecule has 4 nitrogen and oxygen atoms in total. The third-order valence-electron chi connectivity index (χ3n) is 7.86. The van der Waals surface area contributed by atoms with E-state index >= 15 is 0 Å². The highest BCUT2D eigenvalue weighted by Gasteiger charge is 2.35. The predicted molar refractivity (Wildman–Crippen MR) is 162 cm³/mol. The number of hydrogen-bond acceptors (Lipinski definition) is 4. The number of hydrogen-bond donors (Lipinski definition) is 1. The minimum absolute atomic E-state index is 0. The molecule has 0 aromatic heterocycles. The van der Waals surface area contributed by atoms with Gasteiger partial charge in [-0.15, -0.1) is 6.58 Å². The Labute approximate surface area is 233 Å². The fourth-order valence-electron chi connectivity index (χ4n) is 5.66. The Morgan fingerprint density at radius 2 is 2.03 bits per heavy atom. The number of benzene rings is 1. The third-order valence-corrected chi connectivity index (χ3v) is 7.86. The number of halogens is 2. The van der Waals surface area contributed by atoms with Crippen LogP contribution in [-0.4, -0.2) is 48.5 Å². The van der Waals surface area contributed by atoms with Gasteiger partial charge < -0.3 is 10.2 Å². The third kappa shape index (κ3) is 6.27. The lowest BCUT2D eigenvalue weighted by atomic mass is 9.74. The fourth-order valence-corrected chi connectivity index (χ4v) is 5.66. The molecule has 3 aliphatic rings. The molecule has 1 fully saturated rings. The van der Waals surface area contributed by atoms with Gasteiger partial charge >= 0.3 is 0 Å². The first-order valence-electron chi connectivity index (χ1n) is 13.8. The minimum Gasteiger partial charge on any atom is -0.368 e. The second kappa shape index (κ2) is 12.2. The van der Waals surface area contributed by atoms with Crippen LogP contribution in [0.3, 0.4) is 0 Å². The number of allylic oxidation sites excluding steroid dienone is 7. The maximum atomic E-state index is 14.1. The van der Waals surface area contributed by atoms with Gasteiger partial charge in [-0.25, -0.2) is 8.78 Å². The van der Waals surface area contributed by atoms with Crippen molar-refractivity contribution in [3.05, 3.63) is 101 Å². The van der Waals surface area contributed by atoms with E-state index in [1.54, 1.807) is 0 Å². The maximum absolute atomic E-state index is 14.1. The van der Waals surface area contributed by atoms with Crippen molar-refractivity contribution in [2.24, 2.45) is 15.4 Å². The molecule has 3 heterocycles. The molecule has 1 unspecified atom stereocenters. The van der Waals surface area contributed by atoms with Crippen LogP contribution in [0.1, 0.15) is 53.9 Å². The van der Waals surface area contributed by atoms with Crippen LogP contribution in [0.2, 0.25) is 0 Å². The Hall–Kier alpha value is -3.38. The number of nitrogens with one attached hydrogen (secondary N) is 1. The van der Waals surface area contributed by atoms with Gasteiger partial charge in [-0.2, -0.15) is 0 Å². The molecule has 0 saturated carbocycles. The van der Waals surface area contributed by atoms with Gasteiger partial charge in [0.25, 0.3) is 0 Å². The van der Waals surface area contributed by atoms with Crippen molar-refractivity contribution in [1.82, 2.24) is 10.2 Å². The zero-order valence-electron chi connectivity index (χ0n) is 23.7. The molecule has 2 atom stereocenters. The molecule has 4 rings (SSSR count). The van der Waals surface area contributed by atoms with E-state index < -0.39 is 11.6 Å². The van der Waals surface area contributed by atoms with Crippen molar-refractivity contribution >= 4 is 17.0 Å². The van der Waals surface area contributed by atoms with Crippen LogP contribution in [0.5, 0.6) is 0 Å². The molecule has 0 aliphatic carbocycles. The standard InChI is InChI=1S/C33H40F2N4.H2/c1-7-28(32-33(6,8-2)12-9-10-13-38-32)30-29(17-23(4)25-18-26(34)20-27(35)19-25)37-14-11-22(3)31(30)39-16-15-36-24(5)21-39;/h7-8,10-11,13,18-20,24,36H,2,4,9,12,14-17,21H2,1,3,5-6H3;1H/b28-7+;/t24-,33?;/m1./s1. The number of piperazine rings is 1. The van der Waals surface area contributed by atoms with Crippen LogP contribution in [0.15, 0.2) is 94.3 Å². The first-order valence-corrected chi connectivity index (χ1v) is 13.8. The summed E-state index contributed by atoms with van der Waals surface area (Å²) in [4.78, 5) is 12.5. The zero-order valence-corrected chi connectivity index (χ0v) is 23.7. The van der Waals surface area contributed by atoms with Crippen molar-refractivity contribution in [1.29, 1.82) is 0 Å². The quantitative estimate of drug-likeness (QED) is 0.371. The highest BCUT2D eigenvalue weighted by Crippen LogP contribution is 2.39. The summed E-state index contributed by atoms with van der Waals surface area (Å²) < 4.78 is 28.2. The first-order chi connectivity index (χ1) is 18.7. The Morgan fingerprint density at radius 3 is 2.69 bits per heavy atom. The average molecular weight is 533 g/mol. The summed E-state index contributed by atoms with van der Waals surface area (Å²) in [5, 5.41) is 3.55. The highest BCUT2D eigenvalue weighted by atomic mass is 19.1. The molecule has 1 saturated heterocycles. The summed E-state index contributed by atoms with van der Waals surface area (Å²) in [6.07, 6.45) is 12.4. The summed E-state index contributed by atoms with van der Waals surface area (Å²) in [7, 11) is 0. The van der Waals surface area contributed by atoms with Crippen LogP contribution in [0, 0.1) is 17.0 Å². The Balaban J connectivity index is 0.00000441. The van der Waals surface area contributed by atoms with Gasteiger partial charge in [0.15, 0.2) is 0 Å². The molecule has 208 valence electrons. The highest BCUT2D eigenvalue weighted by molar-refractivity contribution is 6.21. The molecular weight excluding hydrogens is 490 g/mol. The largest absolute Gasteiger partial charge is 0.368 e. The Kier molecular flexibility index (Phi) is 8.96. The molecular formula is C33H42F2N4. The lowest BCUT2D eigenvalue weighted by Crippen LogP contribution is -2.49. The predicted octanol–water partition coefficient (Wildman–Crippen LogP) is 7.45. The average Bonchev–Trinajstić information content (AvgIpc) is 3.18.